The smallest absolute Gasteiger partial charge is 0.317 e. The number of anilines is 1. The largest absolute Gasteiger partial charge is 0.480 e. The Kier molecular flexibility index (Phi) is 3.87. The minimum absolute atomic E-state index is 0.142. The van der Waals surface area contributed by atoms with E-state index in [1.54, 1.807) is 0 Å². The first-order valence-electron chi connectivity index (χ1n) is 6.34. The van der Waals surface area contributed by atoms with E-state index in [-0.39, 0.29) is 12.6 Å². The van der Waals surface area contributed by atoms with Crippen molar-refractivity contribution in [3.63, 3.8) is 0 Å². The zero-order valence-electron chi connectivity index (χ0n) is 11.0. The lowest BCUT2D eigenvalue weighted by Gasteiger charge is -2.40. The molecule has 1 aromatic rings. The van der Waals surface area contributed by atoms with E-state index in [4.69, 9.17) is 5.11 Å². The minimum atomic E-state index is -0.744. The van der Waals surface area contributed by atoms with Crippen molar-refractivity contribution in [2.45, 2.75) is 19.9 Å². The number of aryl methyl sites for hydroxylation is 1. The molecule has 98 valence electrons. The molecule has 4 heteroatoms. The lowest BCUT2D eigenvalue weighted by molar-refractivity contribution is -0.138. The lowest BCUT2D eigenvalue weighted by Crippen LogP contribution is -2.53. The van der Waals surface area contributed by atoms with Crippen LogP contribution in [-0.2, 0) is 4.79 Å². The maximum absolute atomic E-state index is 10.8. The van der Waals surface area contributed by atoms with Gasteiger partial charge in [-0.25, -0.2) is 0 Å². The van der Waals surface area contributed by atoms with Crippen LogP contribution in [0.25, 0.3) is 0 Å². The van der Waals surface area contributed by atoms with Crippen LogP contribution >= 0.6 is 0 Å². The number of para-hydroxylation sites is 1. The van der Waals surface area contributed by atoms with Gasteiger partial charge in [-0.15, -0.1) is 0 Å². The van der Waals surface area contributed by atoms with Crippen molar-refractivity contribution >= 4 is 11.7 Å². The van der Waals surface area contributed by atoms with Crippen molar-refractivity contribution in [2.24, 2.45) is 0 Å². The summed E-state index contributed by atoms with van der Waals surface area (Å²) in [6, 6.07) is 8.62. The van der Waals surface area contributed by atoms with Crippen LogP contribution in [0.2, 0.25) is 0 Å². The fourth-order valence-corrected chi connectivity index (χ4v) is 2.54. The molecule has 0 amide bonds. The zero-order chi connectivity index (χ0) is 13.1. The summed E-state index contributed by atoms with van der Waals surface area (Å²) in [7, 11) is 0. The number of hydrogen-bond donors (Lipinski definition) is 1. The quantitative estimate of drug-likeness (QED) is 0.882. The van der Waals surface area contributed by atoms with Crippen molar-refractivity contribution in [1.29, 1.82) is 0 Å². The van der Waals surface area contributed by atoms with Gasteiger partial charge < -0.3 is 10.0 Å². The molecule has 1 heterocycles. The number of carboxylic acid groups (broad SMARTS) is 1. The molecular weight excluding hydrogens is 228 g/mol. The van der Waals surface area contributed by atoms with E-state index in [1.807, 2.05) is 11.0 Å². The average Bonchev–Trinajstić information content (AvgIpc) is 2.32. The first-order chi connectivity index (χ1) is 8.58. The summed E-state index contributed by atoms with van der Waals surface area (Å²) >= 11 is 0. The number of aliphatic carboxylic acids is 1. The number of nitrogens with zero attached hydrogens (tertiary/aromatic N) is 2. The van der Waals surface area contributed by atoms with Crippen LogP contribution < -0.4 is 4.90 Å². The molecule has 0 saturated carbocycles. The Morgan fingerprint density at radius 1 is 1.39 bits per heavy atom. The molecule has 1 atom stereocenters. The molecule has 1 unspecified atom stereocenters. The third-order valence-electron chi connectivity index (χ3n) is 3.56. The number of hydrogen-bond acceptors (Lipinski definition) is 3. The second kappa shape index (κ2) is 5.40. The van der Waals surface area contributed by atoms with Crippen molar-refractivity contribution in [3.05, 3.63) is 29.8 Å². The number of carbonyl (C=O) groups is 1. The van der Waals surface area contributed by atoms with Crippen LogP contribution in [0.3, 0.4) is 0 Å². The molecule has 1 saturated heterocycles. The number of carboxylic acids is 1. The van der Waals surface area contributed by atoms with Crippen molar-refractivity contribution in [3.8, 4) is 0 Å². The lowest BCUT2D eigenvalue weighted by atomic mass is 10.1. The molecule has 0 aliphatic carbocycles. The zero-order valence-corrected chi connectivity index (χ0v) is 11.0. The predicted molar refractivity (Wildman–Crippen MR) is 72.1 cm³/mol. The van der Waals surface area contributed by atoms with Gasteiger partial charge in [-0.2, -0.15) is 0 Å². The third-order valence-corrected chi connectivity index (χ3v) is 3.56. The van der Waals surface area contributed by atoms with Crippen molar-refractivity contribution in [2.75, 3.05) is 31.1 Å². The molecule has 0 aromatic heterocycles. The molecule has 1 aromatic carbocycles. The van der Waals surface area contributed by atoms with E-state index in [0.29, 0.717) is 0 Å². The van der Waals surface area contributed by atoms with Gasteiger partial charge in [0, 0.05) is 31.4 Å². The van der Waals surface area contributed by atoms with E-state index < -0.39 is 5.97 Å². The molecule has 4 nitrogen and oxygen atoms in total. The van der Waals surface area contributed by atoms with Gasteiger partial charge in [0.2, 0.25) is 0 Å². The number of benzene rings is 1. The van der Waals surface area contributed by atoms with Gasteiger partial charge in [-0.05, 0) is 25.5 Å². The first kappa shape index (κ1) is 12.9. The molecule has 1 fully saturated rings. The van der Waals surface area contributed by atoms with E-state index >= 15 is 0 Å². The number of rotatable bonds is 3. The summed E-state index contributed by atoms with van der Waals surface area (Å²) in [6.45, 7) is 6.93. The fourth-order valence-electron chi connectivity index (χ4n) is 2.54. The Morgan fingerprint density at radius 2 is 2.11 bits per heavy atom. The van der Waals surface area contributed by atoms with Gasteiger partial charge in [0.1, 0.15) is 0 Å². The maximum atomic E-state index is 10.8. The van der Waals surface area contributed by atoms with E-state index in [1.165, 1.54) is 11.3 Å². The number of piperazine rings is 1. The van der Waals surface area contributed by atoms with Crippen LogP contribution in [0.1, 0.15) is 12.5 Å². The Bertz CT molecular complexity index is 434. The highest BCUT2D eigenvalue weighted by molar-refractivity contribution is 5.69. The SMILES string of the molecule is Cc1ccccc1N1CCN(CC(=O)O)C(C)C1. The van der Waals surface area contributed by atoms with Gasteiger partial charge >= 0.3 is 5.97 Å². The maximum Gasteiger partial charge on any atom is 0.317 e. The van der Waals surface area contributed by atoms with Crippen LogP contribution in [-0.4, -0.2) is 48.2 Å². The highest BCUT2D eigenvalue weighted by atomic mass is 16.4. The Labute approximate surface area is 108 Å². The third kappa shape index (κ3) is 2.82. The molecule has 1 N–H and O–H groups in total. The molecule has 18 heavy (non-hydrogen) atoms. The van der Waals surface area contributed by atoms with Gasteiger partial charge in [-0.3, -0.25) is 9.69 Å². The average molecular weight is 248 g/mol. The monoisotopic (exact) mass is 248 g/mol. The fraction of sp³-hybridized carbons (Fsp3) is 0.500. The van der Waals surface area contributed by atoms with E-state index in [0.717, 1.165) is 19.6 Å². The van der Waals surface area contributed by atoms with Crippen molar-refractivity contribution in [1.82, 2.24) is 4.90 Å². The summed E-state index contributed by atoms with van der Waals surface area (Å²) in [6.07, 6.45) is 0. The highest BCUT2D eigenvalue weighted by Crippen LogP contribution is 2.22. The first-order valence-corrected chi connectivity index (χ1v) is 6.34. The van der Waals surface area contributed by atoms with Crippen LogP contribution in [0.4, 0.5) is 5.69 Å². The summed E-state index contributed by atoms with van der Waals surface area (Å²) < 4.78 is 0. The molecular formula is C14H20N2O2. The second-order valence-electron chi connectivity index (χ2n) is 4.95. The molecule has 0 spiro atoms. The Hall–Kier alpha value is -1.55. The van der Waals surface area contributed by atoms with E-state index in [9.17, 15) is 4.79 Å². The van der Waals surface area contributed by atoms with Crippen LogP contribution in [0.15, 0.2) is 24.3 Å². The van der Waals surface area contributed by atoms with Gasteiger partial charge in [0.15, 0.2) is 0 Å². The molecule has 0 radical (unpaired) electrons. The molecule has 2 rings (SSSR count). The predicted octanol–water partition coefficient (Wildman–Crippen LogP) is 1.59. The van der Waals surface area contributed by atoms with Gasteiger partial charge in [0.05, 0.1) is 6.54 Å². The summed E-state index contributed by atoms with van der Waals surface area (Å²) in [5, 5.41) is 8.86. The molecule has 1 aliphatic heterocycles. The van der Waals surface area contributed by atoms with Crippen LogP contribution in [0, 0.1) is 6.92 Å². The Morgan fingerprint density at radius 3 is 2.72 bits per heavy atom. The topological polar surface area (TPSA) is 43.8 Å². The minimum Gasteiger partial charge on any atom is -0.480 e. The Balaban J connectivity index is 2.04. The summed E-state index contributed by atoms with van der Waals surface area (Å²) in [5.74, 6) is -0.744. The van der Waals surface area contributed by atoms with Gasteiger partial charge in [-0.1, -0.05) is 18.2 Å². The van der Waals surface area contributed by atoms with Gasteiger partial charge in [0.25, 0.3) is 0 Å². The highest BCUT2D eigenvalue weighted by Gasteiger charge is 2.25. The summed E-state index contributed by atoms with van der Waals surface area (Å²) in [4.78, 5) is 15.1. The normalized spacial score (nSPS) is 21.0. The standard InChI is InChI=1S/C14H20N2O2/c1-11-5-3-4-6-13(11)16-8-7-15(10-14(17)18)12(2)9-16/h3-6,12H,7-10H2,1-2H3,(H,17,18). The van der Waals surface area contributed by atoms with Crippen molar-refractivity contribution < 1.29 is 9.90 Å². The molecule has 1 aliphatic rings. The van der Waals surface area contributed by atoms with Crippen LogP contribution in [0.5, 0.6) is 0 Å². The second-order valence-corrected chi connectivity index (χ2v) is 4.95. The van der Waals surface area contributed by atoms with E-state index in [2.05, 4.69) is 36.9 Å². The summed E-state index contributed by atoms with van der Waals surface area (Å²) in [5.41, 5.74) is 2.54. The molecule has 0 bridgehead atoms.